The lowest BCUT2D eigenvalue weighted by molar-refractivity contribution is 0.0593. The van der Waals surface area contributed by atoms with Crippen LogP contribution in [-0.2, 0) is 4.74 Å². The molecule has 2 rings (SSSR count). The van der Waals surface area contributed by atoms with Gasteiger partial charge in [0.15, 0.2) is 17.3 Å². The predicted molar refractivity (Wildman–Crippen MR) is 66.1 cm³/mol. The maximum absolute atomic E-state index is 13.8. The molecule has 0 aliphatic rings. The highest BCUT2D eigenvalue weighted by Gasteiger charge is 2.26. The number of carbonyl (C=O) groups excluding carboxylic acids is 1. The van der Waals surface area contributed by atoms with Gasteiger partial charge in [-0.15, -0.1) is 0 Å². The third kappa shape index (κ3) is 2.18. The van der Waals surface area contributed by atoms with E-state index in [0.29, 0.717) is 16.7 Å². The molecule has 0 saturated heterocycles. The molecule has 2 N–H and O–H groups in total. The molecule has 0 aliphatic carbocycles. The van der Waals surface area contributed by atoms with Gasteiger partial charge in [0.25, 0.3) is 0 Å². The Bertz CT molecular complexity index is 778. The number of nitriles is 1. The molecule has 21 heavy (non-hydrogen) atoms. The summed E-state index contributed by atoms with van der Waals surface area (Å²) in [5.74, 6) is -4.97. The molecule has 0 bridgehead atoms. The zero-order chi connectivity index (χ0) is 15.7. The van der Waals surface area contributed by atoms with Gasteiger partial charge in [0.05, 0.1) is 18.4 Å². The number of hydrogen-bond donors (Lipinski definition) is 1. The van der Waals surface area contributed by atoms with Gasteiger partial charge in [0.2, 0.25) is 0 Å². The van der Waals surface area contributed by atoms with Gasteiger partial charge < -0.3 is 15.0 Å². The van der Waals surface area contributed by atoms with Crippen LogP contribution in [0.4, 0.5) is 18.9 Å². The molecule has 0 saturated carbocycles. The summed E-state index contributed by atoms with van der Waals surface area (Å²) in [5.41, 5.74) is 3.76. The van der Waals surface area contributed by atoms with Crippen molar-refractivity contribution < 1.29 is 22.7 Å². The average Bonchev–Trinajstić information content (AvgIpc) is 2.79. The van der Waals surface area contributed by atoms with Gasteiger partial charge in [-0.05, 0) is 12.1 Å². The summed E-state index contributed by atoms with van der Waals surface area (Å²) in [5, 5.41) is 8.89. The van der Waals surface area contributed by atoms with Crippen LogP contribution >= 0.6 is 0 Å². The largest absolute Gasteiger partial charge is 0.464 e. The van der Waals surface area contributed by atoms with Crippen LogP contribution in [0.1, 0.15) is 16.1 Å². The lowest BCUT2D eigenvalue weighted by Gasteiger charge is -2.10. The maximum Gasteiger partial charge on any atom is 0.357 e. The second-order valence-corrected chi connectivity index (χ2v) is 3.97. The summed E-state index contributed by atoms with van der Waals surface area (Å²) in [4.78, 5) is 11.7. The summed E-state index contributed by atoms with van der Waals surface area (Å²) >= 11 is 0. The quantitative estimate of drug-likeness (QED) is 0.680. The van der Waals surface area contributed by atoms with Crippen LogP contribution < -0.4 is 5.73 Å². The Kier molecular flexibility index (Phi) is 3.58. The molecule has 8 heteroatoms. The van der Waals surface area contributed by atoms with Crippen molar-refractivity contribution in [1.29, 1.82) is 5.26 Å². The van der Waals surface area contributed by atoms with E-state index in [-0.39, 0.29) is 11.3 Å². The minimum Gasteiger partial charge on any atom is -0.464 e. The second-order valence-electron chi connectivity index (χ2n) is 3.97. The SMILES string of the molecule is COC(=O)c1c(N)c(C#N)cn1-c1c(F)ccc(F)c1F. The highest BCUT2D eigenvalue weighted by molar-refractivity contribution is 5.95. The van der Waals surface area contributed by atoms with Crippen LogP contribution in [0.15, 0.2) is 18.3 Å². The molecule has 0 radical (unpaired) electrons. The van der Waals surface area contributed by atoms with Gasteiger partial charge in [-0.25, -0.2) is 18.0 Å². The molecule has 0 atom stereocenters. The number of ether oxygens (including phenoxy) is 1. The molecule has 0 amide bonds. The summed E-state index contributed by atoms with van der Waals surface area (Å²) in [6.07, 6.45) is 0.933. The van der Waals surface area contributed by atoms with Gasteiger partial charge in [0, 0.05) is 6.20 Å². The van der Waals surface area contributed by atoms with Gasteiger partial charge in [0.1, 0.15) is 17.6 Å². The van der Waals surface area contributed by atoms with E-state index in [2.05, 4.69) is 4.74 Å². The van der Waals surface area contributed by atoms with Crippen LogP contribution in [0.5, 0.6) is 0 Å². The van der Waals surface area contributed by atoms with Crippen LogP contribution in [-0.4, -0.2) is 17.6 Å². The number of hydrogen-bond acceptors (Lipinski definition) is 4. The summed E-state index contributed by atoms with van der Waals surface area (Å²) in [7, 11) is 1.03. The first-order valence-corrected chi connectivity index (χ1v) is 5.55. The fraction of sp³-hybridized carbons (Fsp3) is 0.0769. The fourth-order valence-electron chi connectivity index (χ4n) is 1.83. The highest BCUT2D eigenvalue weighted by Crippen LogP contribution is 2.28. The average molecular weight is 295 g/mol. The number of esters is 1. The lowest BCUT2D eigenvalue weighted by atomic mass is 10.2. The number of anilines is 1. The van der Waals surface area contributed by atoms with Crippen molar-refractivity contribution in [2.45, 2.75) is 0 Å². The molecule has 0 aliphatic heterocycles. The third-order valence-electron chi connectivity index (χ3n) is 2.80. The van der Waals surface area contributed by atoms with Crippen molar-refractivity contribution in [3.8, 4) is 11.8 Å². The van der Waals surface area contributed by atoms with Crippen molar-refractivity contribution in [1.82, 2.24) is 4.57 Å². The van der Waals surface area contributed by atoms with E-state index >= 15 is 0 Å². The van der Waals surface area contributed by atoms with Crippen molar-refractivity contribution >= 4 is 11.7 Å². The number of carbonyl (C=O) groups is 1. The van der Waals surface area contributed by atoms with Crippen molar-refractivity contribution in [3.63, 3.8) is 0 Å². The maximum atomic E-state index is 13.8. The summed E-state index contributed by atoms with van der Waals surface area (Å²) in [6.45, 7) is 0. The number of nitrogen functional groups attached to an aromatic ring is 1. The zero-order valence-corrected chi connectivity index (χ0v) is 10.7. The first-order chi connectivity index (χ1) is 9.92. The van der Waals surface area contributed by atoms with Crippen LogP contribution in [0.2, 0.25) is 0 Å². The molecule has 1 aromatic carbocycles. The van der Waals surface area contributed by atoms with E-state index in [9.17, 15) is 18.0 Å². The minimum atomic E-state index is -1.51. The van der Waals surface area contributed by atoms with Gasteiger partial charge in [-0.1, -0.05) is 0 Å². The Balaban J connectivity index is 2.85. The molecular formula is C13H8F3N3O2. The Labute approximate surface area is 117 Å². The normalized spacial score (nSPS) is 10.2. The minimum absolute atomic E-state index is 0.196. The van der Waals surface area contributed by atoms with Gasteiger partial charge >= 0.3 is 5.97 Å². The van der Waals surface area contributed by atoms with Gasteiger partial charge in [-0.2, -0.15) is 5.26 Å². The molecule has 0 unspecified atom stereocenters. The Morgan fingerprint density at radius 3 is 2.52 bits per heavy atom. The van der Waals surface area contributed by atoms with E-state index in [4.69, 9.17) is 11.0 Å². The monoisotopic (exact) mass is 295 g/mol. The molecule has 2 aromatic rings. The molecule has 1 heterocycles. The topological polar surface area (TPSA) is 81.0 Å². The van der Waals surface area contributed by atoms with Crippen molar-refractivity contribution in [3.05, 3.63) is 47.0 Å². The van der Waals surface area contributed by atoms with E-state index in [1.807, 2.05) is 0 Å². The standard InChI is InChI=1S/C13H8F3N3O2/c1-21-13(20)12-10(18)6(4-17)5-19(12)11-8(15)3-2-7(14)9(11)16/h2-3,5H,18H2,1H3. The van der Waals surface area contributed by atoms with Crippen molar-refractivity contribution in [2.75, 3.05) is 12.8 Å². The number of halogens is 3. The molecule has 108 valence electrons. The third-order valence-corrected chi connectivity index (χ3v) is 2.80. The molecule has 0 fully saturated rings. The van der Waals surface area contributed by atoms with Crippen LogP contribution in [0, 0.1) is 28.8 Å². The molecular weight excluding hydrogens is 287 g/mol. The van der Waals surface area contributed by atoms with Gasteiger partial charge in [-0.3, -0.25) is 0 Å². The number of benzene rings is 1. The molecule has 1 aromatic heterocycles. The smallest absolute Gasteiger partial charge is 0.357 e. The van der Waals surface area contributed by atoms with E-state index in [0.717, 1.165) is 13.3 Å². The number of rotatable bonds is 2. The van der Waals surface area contributed by atoms with E-state index < -0.39 is 34.8 Å². The zero-order valence-electron chi connectivity index (χ0n) is 10.7. The first kappa shape index (κ1) is 14.5. The lowest BCUT2D eigenvalue weighted by Crippen LogP contribution is -2.13. The summed E-state index contributed by atoms with van der Waals surface area (Å²) in [6, 6.07) is 2.96. The van der Waals surface area contributed by atoms with Crippen LogP contribution in [0.3, 0.4) is 0 Å². The first-order valence-electron chi connectivity index (χ1n) is 5.55. The summed E-state index contributed by atoms with van der Waals surface area (Å²) < 4.78 is 46.0. The highest BCUT2D eigenvalue weighted by atomic mass is 19.2. The number of aromatic nitrogens is 1. The van der Waals surface area contributed by atoms with Crippen LogP contribution in [0.25, 0.3) is 5.69 Å². The Hall–Kier alpha value is -2.95. The number of methoxy groups -OCH3 is 1. The molecule has 0 spiro atoms. The van der Waals surface area contributed by atoms with E-state index in [1.54, 1.807) is 6.07 Å². The fourth-order valence-corrected chi connectivity index (χ4v) is 1.83. The Morgan fingerprint density at radius 2 is 1.95 bits per heavy atom. The Morgan fingerprint density at radius 1 is 1.33 bits per heavy atom. The van der Waals surface area contributed by atoms with Crippen molar-refractivity contribution in [2.24, 2.45) is 0 Å². The number of nitrogens with zero attached hydrogens (tertiary/aromatic N) is 2. The van der Waals surface area contributed by atoms with E-state index in [1.165, 1.54) is 0 Å². The predicted octanol–water partition coefficient (Wildman–Crippen LogP) is 2.14. The molecule has 5 nitrogen and oxygen atoms in total. The second kappa shape index (κ2) is 5.20. The number of nitrogens with two attached hydrogens (primary N) is 1.